The van der Waals surface area contributed by atoms with Crippen LogP contribution in [0.1, 0.15) is 40.5 Å². The summed E-state index contributed by atoms with van der Waals surface area (Å²) in [5.41, 5.74) is 0.516. The van der Waals surface area contributed by atoms with Crippen molar-refractivity contribution in [2.75, 3.05) is 23.4 Å². The Morgan fingerprint density at radius 1 is 1.36 bits per heavy atom. The number of carboxylic acid groups (broad SMARTS) is 1. The third-order valence-electron chi connectivity index (χ3n) is 5.65. The summed E-state index contributed by atoms with van der Waals surface area (Å²) in [5.74, 6) is 0.681. The van der Waals surface area contributed by atoms with Gasteiger partial charge in [-0.1, -0.05) is 32.4 Å². The predicted molar refractivity (Wildman–Crippen MR) is 107 cm³/mol. The first-order valence-corrected chi connectivity index (χ1v) is 9.78. The Morgan fingerprint density at radius 2 is 2.04 bits per heavy atom. The standard InChI is InChI=1S/C19H27ClN4O4/c1-11-17(25)22(5)13-6-7-15(20)21-16(13)24(11)12-8-9-23(28-18(26)27)14(10-12)19(2,3)4/h6-7,11-12,14H,8-10H2,1-5H3,(H,26,27)/t11-,12?,14?/m1/s1. The molecule has 1 N–H and O–H groups in total. The number of piperidine rings is 1. The summed E-state index contributed by atoms with van der Waals surface area (Å²) in [5, 5.41) is 11.0. The van der Waals surface area contributed by atoms with Crippen molar-refractivity contribution in [3.8, 4) is 0 Å². The van der Waals surface area contributed by atoms with E-state index in [2.05, 4.69) is 25.8 Å². The molecule has 0 aliphatic carbocycles. The van der Waals surface area contributed by atoms with Gasteiger partial charge in [0.15, 0.2) is 5.82 Å². The number of amides is 1. The Balaban J connectivity index is 1.96. The van der Waals surface area contributed by atoms with Gasteiger partial charge in [0.25, 0.3) is 0 Å². The molecule has 0 radical (unpaired) electrons. The minimum atomic E-state index is -1.31. The first-order chi connectivity index (χ1) is 13.0. The zero-order valence-electron chi connectivity index (χ0n) is 16.8. The van der Waals surface area contributed by atoms with E-state index in [9.17, 15) is 9.59 Å². The molecule has 0 bridgehead atoms. The van der Waals surface area contributed by atoms with Crippen molar-refractivity contribution in [2.45, 2.75) is 58.7 Å². The van der Waals surface area contributed by atoms with Gasteiger partial charge in [-0.25, -0.2) is 9.78 Å². The molecule has 2 aliphatic rings. The molecule has 1 aromatic heterocycles. The van der Waals surface area contributed by atoms with Gasteiger partial charge in [0.05, 0.1) is 11.7 Å². The van der Waals surface area contributed by atoms with E-state index < -0.39 is 6.16 Å². The lowest BCUT2D eigenvalue weighted by atomic mass is 9.79. The van der Waals surface area contributed by atoms with E-state index in [0.29, 0.717) is 30.4 Å². The van der Waals surface area contributed by atoms with Gasteiger partial charge in [-0.05, 0) is 37.3 Å². The normalized spacial score (nSPS) is 26.2. The largest absolute Gasteiger partial charge is 0.525 e. The molecule has 154 valence electrons. The predicted octanol–water partition coefficient (Wildman–Crippen LogP) is 3.40. The number of anilines is 2. The van der Waals surface area contributed by atoms with Gasteiger partial charge in [0, 0.05) is 19.6 Å². The topological polar surface area (TPSA) is 86.2 Å². The molecule has 0 aromatic carbocycles. The molecular formula is C19H27ClN4O4. The number of aromatic nitrogens is 1. The second-order valence-electron chi connectivity index (χ2n) is 8.52. The van der Waals surface area contributed by atoms with Crippen molar-refractivity contribution in [2.24, 2.45) is 5.41 Å². The number of nitrogens with zero attached hydrogens (tertiary/aromatic N) is 4. The lowest BCUT2D eigenvalue weighted by molar-refractivity contribution is -0.185. The Bertz CT molecular complexity index is 782. The summed E-state index contributed by atoms with van der Waals surface area (Å²) in [7, 11) is 1.74. The van der Waals surface area contributed by atoms with Gasteiger partial charge in [-0.15, -0.1) is 5.06 Å². The number of carbonyl (C=O) groups is 2. The van der Waals surface area contributed by atoms with Gasteiger partial charge in [-0.2, -0.15) is 0 Å². The summed E-state index contributed by atoms with van der Waals surface area (Å²) >= 11 is 6.16. The zero-order valence-corrected chi connectivity index (χ0v) is 17.6. The number of hydrogen-bond acceptors (Lipinski definition) is 6. The van der Waals surface area contributed by atoms with Gasteiger partial charge in [-0.3, -0.25) is 4.79 Å². The maximum Gasteiger partial charge on any atom is 0.525 e. The number of carbonyl (C=O) groups excluding carboxylic acids is 1. The van der Waals surface area contributed by atoms with E-state index in [0.717, 1.165) is 5.69 Å². The third kappa shape index (κ3) is 3.75. The minimum Gasteiger partial charge on any atom is -0.448 e. The van der Waals surface area contributed by atoms with Crippen LogP contribution in [0.15, 0.2) is 12.1 Å². The molecule has 3 heterocycles. The third-order valence-corrected chi connectivity index (χ3v) is 5.86. The number of fused-ring (bicyclic) bond motifs is 1. The maximum atomic E-state index is 12.8. The van der Waals surface area contributed by atoms with Gasteiger partial charge in [0.2, 0.25) is 5.91 Å². The lowest BCUT2D eigenvalue weighted by Gasteiger charge is -2.50. The van der Waals surface area contributed by atoms with Crippen molar-refractivity contribution in [1.82, 2.24) is 10.0 Å². The van der Waals surface area contributed by atoms with E-state index in [-0.39, 0.29) is 29.4 Å². The Morgan fingerprint density at radius 3 is 2.64 bits per heavy atom. The Hall–Kier alpha value is -2.06. The Kier molecular flexibility index (Phi) is 5.46. The van der Waals surface area contributed by atoms with Crippen LogP contribution in [-0.4, -0.2) is 58.9 Å². The highest BCUT2D eigenvalue weighted by Crippen LogP contribution is 2.41. The van der Waals surface area contributed by atoms with Gasteiger partial charge >= 0.3 is 6.16 Å². The van der Waals surface area contributed by atoms with Crippen LogP contribution >= 0.6 is 11.6 Å². The molecule has 1 aromatic rings. The highest BCUT2D eigenvalue weighted by molar-refractivity contribution is 6.29. The Labute approximate surface area is 170 Å². The fourth-order valence-electron chi connectivity index (χ4n) is 4.23. The molecule has 28 heavy (non-hydrogen) atoms. The number of halogens is 1. The van der Waals surface area contributed by atoms with Crippen LogP contribution in [0.5, 0.6) is 0 Å². The lowest BCUT2D eigenvalue weighted by Crippen LogP contribution is -2.60. The molecule has 0 spiro atoms. The van der Waals surface area contributed by atoms with Crippen LogP contribution in [0.25, 0.3) is 0 Å². The molecule has 2 aliphatic heterocycles. The molecule has 3 rings (SSSR count). The number of rotatable bonds is 2. The molecule has 1 amide bonds. The molecule has 3 atom stereocenters. The number of hydrogen-bond donors (Lipinski definition) is 1. The van der Waals surface area contributed by atoms with Crippen LogP contribution in [0.3, 0.4) is 0 Å². The molecule has 9 heteroatoms. The fourth-order valence-corrected chi connectivity index (χ4v) is 4.38. The summed E-state index contributed by atoms with van der Waals surface area (Å²) in [6, 6.07) is 2.98. The first kappa shape index (κ1) is 20.7. The van der Waals surface area contributed by atoms with Crippen molar-refractivity contribution in [1.29, 1.82) is 0 Å². The number of hydroxylamine groups is 2. The van der Waals surface area contributed by atoms with E-state index in [1.807, 2.05) is 17.9 Å². The minimum absolute atomic E-state index is 0.00635. The van der Waals surface area contributed by atoms with Crippen LogP contribution in [0.2, 0.25) is 5.15 Å². The highest BCUT2D eigenvalue weighted by Gasteiger charge is 2.45. The summed E-state index contributed by atoms with van der Waals surface area (Å²) in [6.07, 6.45) is -0.0183. The van der Waals surface area contributed by atoms with Crippen LogP contribution in [-0.2, 0) is 9.63 Å². The quantitative estimate of drug-likeness (QED) is 0.747. The second-order valence-corrected chi connectivity index (χ2v) is 8.90. The molecule has 1 fully saturated rings. The van der Waals surface area contributed by atoms with Gasteiger partial charge < -0.3 is 19.7 Å². The summed E-state index contributed by atoms with van der Waals surface area (Å²) in [6.45, 7) is 8.48. The highest BCUT2D eigenvalue weighted by atomic mass is 35.5. The second kappa shape index (κ2) is 7.40. The number of likely N-dealkylation sites (N-methyl/N-ethyl adjacent to an activating group) is 1. The maximum absolute atomic E-state index is 12.8. The zero-order chi connectivity index (χ0) is 20.8. The molecule has 0 saturated carbocycles. The van der Waals surface area contributed by atoms with Crippen LogP contribution in [0.4, 0.5) is 16.3 Å². The summed E-state index contributed by atoms with van der Waals surface area (Å²) in [4.78, 5) is 37.1. The van der Waals surface area contributed by atoms with Crippen LogP contribution in [0, 0.1) is 5.41 Å². The first-order valence-electron chi connectivity index (χ1n) is 9.40. The van der Waals surface area contributed by atoms with E-state index in [1.54, 1.807) is 23.1 Å². The SMILES string of the molecule is C[C@@H]1C(=O)N(C)c2ccc(Cl)nc2N1C1CCN(OC(=O)O)C(C(C)(C)C)C1. The molecule has 2 unspecified atom stereocenters. The monoisotopic (exact) mass is 410 g/mol. The average molecular weight is 411 g/mol. The van der Waals surface area contributed by atoms with Crippen LogP contribution < -0.4 is 9.80 Å². The molecule has 8 nitrogen and oxygen atoms in total. The van der Waals surface area contributed by atoms with Crippen molar-refractivity contribution >= 4 is 35.2 Å². The number of pyridine rings is 1. The average Bonchev–Trinajstić information content (AvgIpc) is 2.59. The molecule has 1 saturated heterocycles. The van der Waals surface area contributed by atoms with E-state index in [1.165, 1.54) is 0 Å². The molecular weight excluding hydrogens is 384 g/mol. The smallest absolute Gasteiger partial charge is 0.448 e. The fraction of sp³-hybridized carbons (Fsp3) is 0.632. The van der Waals surface area contributed by atoms with E-state index in [4.69, 9.17) is 21.5 Å². The van der Waals surface area contributed by atoms with Gasteiger partial charge in [0.1, 0.15) is 11.2 Å². The van der Waals surface area contributed by atoms with Crippen molar-refractivity contribution in [3.05, 3.63) is 17.3 Å². The van der Waals surface area contributed by atoms with Crippen molar-refractivity contribution < 1.29 is 19.5 Å². The summed E-state index contributed by atoms with van der Waals surface area (Å²) < 4.78 is 0. The van der Waals surface area contributed by atoms with Crippen molar-refractivity contribution in [3.63, 3.8) is 0 Å². The van der Waals surface area contributed by atoms with E-state index >= 15 is 0 Å².